The lowest BCUT2D eigenvalue weighted by Crippen LogP contribution is -2.60. The highest BCUT2D eigenvalue weighted by Crippen LogP contribution is 2.36. The van der Waals surface area contributed by atoms with Crippen molar-refractivity contribution in [2.75, 3.05) is 11.4 Å². The second kappa shape index (κ2) is 7.43. The van der Waals surface area contributed by atoms with Gasteiger partial charge in [0.25, 0.3) is 5.91 Å². The van der Waals surface area contributed by atoms with Crippen molar-refractivity contribution in [3.05, 3.63) is 65.7 Å². The number of fused-ring (bicyclic) bond motifs is 1. The van der Waals surface area contributed by atoms with Crippen LogP contribution >= 0.6 is 0 Å². The van der Waals surface area contributed by atoms with Crippen molar-refractivity contribution in [3.63, 3.8) is 0 Å². The van der Waals surface area contributed by atoms with Crippen LogP contribution in [0, 0.1) is 0 Å². The van der Waals surface area contributed by atoms with E-state index in [1.807, 2.05) is 53.4 Å². The quantitative estimate of drug-likeness (QED) is 0.875. The first-order valence-corrected chi connectivity index (χ1v) is 9.68. The molecule has 1 saturated carbocycles. The van der Waals surface area contributed by atoms with Crippen molar-refractivity contribution in [1.29, 1.82) is 0 Å². The number of nitrogens with one attached hydrogen (secondary N) is 2. The molecule has 2 N–H and O–H groups in total. The zero-order chi connectivity index (χ0) is 18.7. The third-order valence-electron chi connectivity index (χ3n) is 5.65. The van der Waals surface area contributed by atoms with Crippen LogP contribution in [0.5, 0.6) is 0 Å². The number of para-hydroxylation sites is 1. The summed E-state index contributed by atoms with van der Waals surface area (Å²) in [5, 5.41) is 5.92. The molecule has 5 nitrogen and oxygen atoms in total. The molecule has 0 saturated heterocycles. The number of amides is 3. The molecule has 0 unspecified atom stereocenters. The summed E-state index contributed by atoms with van der Waals surface area (Å²) >= 11 is 0. The first-order valence-electron chi connectivity index (χ1n) is 9.68. The van der Waals surface area contributed by atoms with Crippen LogP contribution in [0.2, 0.25) is 0 Å². The Labute approximate surface area is 159 Å². The van der Waals surface area contributed by atoms with Crippen LogP contribution in [-0.2, 0) is 17.8 Å². The molecule has 0 atom stereocenters. The Morgan fingerprint density at radius 2 is 1.67 bits per heavy atom. The van der Waals surface area contributed by atoms with Crippen LogP contribution in [0.3, 0.4) is 0 Å². The van der Waals surface area contributed by atoms with E-state index in [1.165, 1.54) is 5.56 Å². The topological polar surface area (TPSA) is 61.4 Å². The number of urea groups is 1. The van der Waals surface area contributed by atoms with Gasteiger partial charge < -0.3 is 15.5 Å². The van der Waals surface area contributed by atoms with E-state index in [0.29, 0.717) is 25.9 Å². The lowest BCUT2D eigenvalue weighted by molar-refractivity contribution is -0.124. The van der Waals surface area contributed by atoms with Gasteiger partial charge >= 0.3 is 6.03 Å². The maximum Gasteiger partial charge on any atom is 0.315 e. The van der Waals surface area contributed by atoms with Gasteiger partial charge in [-0.3, -0.25) is 4.79 Å². The summed E-state index contributed by atoms with van der Waals surface area (Å²) < 4.78 is 0. The second-order valence-electron chi connectivity index (χ2n) is 7.42. The molecule has 27 heavy (non-hydrogen) atoms. The van der Waals surface area contributed by atoms with Gasteiger partial charge in [0.15, 0.2) is 0 Å². The number of anilines is 1. The molecule has 0 aromatic heterocycles. The van der Waals surface area contributed by atoms with Crippen molar-refractivity contribution >= 4 is 17.6 Å². The Balaban J connectivity index is 1.46. The summed E-state index contributed by atoms with van der Waals surface area (Å²) in [5.74, 6) is 0.0276. The molecule has 0 spiro atoms. The number of nitrogens with zero attached hydrogens (tertiary/aromatic N) is 1. The van der Waals surface area contributed by atoms with Gasteiger partial charge in [-0.15, -0.1) is 0 Å². The van der Waals surface area contributed by atoms with Gasteiger partial charge in [-0.05, 0) is 36.5 Å². The fourth-order valence-corrected chi connectivity index (χ4v) is 4.22. The highest BCUT2D eigenvalue weighted by molar-refractivity contribution is 6.03. The first kappa shape index (κ1) is 17.6. The van der Waals surface area contributed by atoms with E-state index < -0.39 is 5.54 Å². The van der Waals surface area contributed by atoms with Gasteiger partial charge in [-0.1, -0.05) is 61.4 Å². The lowest BCUT2D eigenvalue weighted by Gasteiger charge is -2.33. The molecule has 5 heteroatoms. The standard InChI is InChI=1S/C22H25N3O2/c26-20(25-15-12-18-10-4-5-11-19(18)25)22(13-6-7-14-22)24-21(27)23-16-17-8-2-1-3-9-17/h1-5,8-11H,6-7,12-16H2,(H2,23,24,27). The predicted molar refractivity (Wildman–Crippen MR) is 106 cm³/mol. The molecule has 2 aromatic carbocycles. The SMILES string of the molecule is O=C(NCc1ccccc1)NC1(C(=O)N2CCc3ccccc32)CCCC1. The van der Waals surface area contributed by atoms with Crippen molar-refractivity contribution in [1.82, 2.24) is 10.6 Å². The second-order valence-corrected chi connectivity index (χ2v) is 7.42. The van der Waals surface area contributed by atoms with E-state index >= 15 is 0 Å². The average Bonchev–Trinajstić information content (AvgIpc) is 3.34. The van der Waals surface area contributed by atoms with Gasteiger partial charge in [0.1, 0.15) is 5.54 Å². The summed E-state index contributed by atoms with van der Waals surface area (Å²) in [6, 6.07) is 17.5. The van der Waals surface area contributed by atoms with Crippen LogP contribution in [0.25, 0.3) is 0 Å². The molecule has 2 aliphatic rings. The van der Waals surface area contributed by atoms with Gasteiger partial charge in [-0.25, -0.2) is 4.79 Å². The normalized spacial score (nSPS) is 17.4. The van der Waals surface area contributed by atoms with Gasteiger partial charge in [0.2, 0.25) is 0 Å². The number of hydrogen-bond acceptors (Lipinski definition) is 2. The van der Waals surface area contributed by atoms with Gasteiger partial charge in [0.05, 0.1) is 0 Å². The molecular weight excluding hydrogens is 338 g/mol. The molecule has 1 heterocycles. The van der Waals surface area contributed by atoms with Crippen LogP contribution in [0.4, 0.5) is 10.5 Å². The van der Waals surface area contributed by atoms with E-state index in [2.05, 4.69) is 16.7 Å². The van der Waals surface area contributed by atoms with Crippen molar-refractivity contribution < 1.29 is 9.59 Å². The maximum atomic E-state index is 13.4. The van der Waals surface area contributed by atoms with Crippen LogP contribution in [0.1, 0.15) is 36.8 Å². The predicted octanol–water partition coefficient (Wildman–Crippen LogP) is 3.39. The molecule has 4 rings (SSSR count). The van der Waals surface area contributed by atoms with E-state index in [-0.39, 0.29) is 11.9 Å². The molecular formula is C22H25N3O2. The van der Waals surface area contributed by atoms with E-state index in [1.54, 1.807) is 0 Å². The molecule has 1 fully saturated rings. The van der Waals surface area contributed by atoms with Crippen molar-refractivity contribution in [2.45, 2.75) is 44.2 Å². The molecule has 1 aliphatic carbocycles. The van der Waals surface area contributed by atoms with Crippen LogP contribution in [0.15, 0.2) is 54.6 Å². The largest absolute Gasteiger partial charge is 0.334 e. The van der Waals surface area contributed by atoms with E-state index in [0.717, 1.165) is 30.5 Å². The molecule has 2 aromatic rings. The number of hydrogen-bond donors (Lipinski definition) is 2. The number of carbonyl (C=O) groups is 2. The summed E-state index contributed by atoms with van der Waals surface area (Å²) in [6.07, 6.45) is 4.19. The average molecular weight is 363 g/mol. The Hall–Kier alpha value is -2.82. The van der Waals surface area contributed by atoms with E-state index in [4.69, 9.17) is 0 Å². The summed E-state index contributed by atoms with van der Waals surface area (Å²) in [6.45, 7) is 1.14. The number of carbonyl (C=O) groups excluding carboxylic acids is 2. The summed E-state index contributed by atoms with van der Waals surface area (Å²) in [7, 11) is 0. The van der Waals surface area contributed by atoms with E-state index in [9.17, 15) is 9.59 Å². The number of benzene rings is 2. The first-order chi connectivity index (χ1) is 13.2. The minimum absolute atomic E-state index is 0.0276. The highest BCUT2D eigenvalue weighted by Gasteiger charge is 2.46. The zero-order valence-corrected chi connectivity index (χ0v) is 15.4. The Kier molecular flexibility index (Phi) is 4.84. The zero-order valence-electron chi connectivity index (χ0n) is 15.4. The molecule has 140 valence electrons. The molecule has 0 bridgehead atoms. The minimum atomic E-state index is -0.793. The fraction of sp³-hybridized carbons (Fsp3) is 0.364. The highest BCUT2D eigenvalue weighted by atomic mass is 16.2. The van der Waals surface area contributed by atoms with Crippen molar-refractivity contribution in [3.8, 4) is 0 Å². The molecule has 1 aliphatic heterocycles. The Bertz CT molecular complexity index is 828. The molecule has 0 radical (unpaired) electrons. The summed E-state index contributed by atoms with van der Waals surface area (Å²) in [5.41, 5.74) is 2.43. The fourth-order valence-electron chi connectivity index (χ4n) is 4.22. The smallest absolute Gasteiger partial charge is 0.315 e. The van der Waals surface area contributed by atoms with Crippen LogP contribution < -0.4 is 15.5 Å². The molecule has 3 amide bonds. The summed E-state index contributed by atoms with van der Waals surface area (Å²) in [4.78, 5) is 27.8. The Morgan fingerprint density at radius 1 is 0.963 bits per heavy atom. The third kappa shape index (κ3) is 3.54. The Morgan fingerprint density at radius 3 is 2.44 bits per heavy atom. The third-order valence-corrected chi connectivity index (χ3v) is 5.65. The van der Waals surface area contributed by atoms with Crippen molar-refractivity contribution in [2.24, 2.45) is 0 Å². The van der Waals surface area contributed by atoms with Gasteiger partial charge in [0, 0.05) is 18.8 Å². The van der Waals surface area contributed by atoms with Crippen LogP contribution in [-0.4, -0.2) is 24.0 Å². The van der Waals surface area contributed by atoms with Gasteiger partial charge in [-0.2, -0.15) is 0 Å². The minimum Gasteiger partial charge on any atom is -0.334 e. The maximum absolute atomic E-state index is 13.4. The number of rotatable bonds is 4. The monoisotopic (exact) mass is 363 g/mol. The lowest BCUT2D eigenvalue weighted by atomic mass is 9.95.